The molecule has 0 spiro atoms. The Balaban J connectivity index is 2.30. The zero-order valence-corrected chi connectivity index (χ0v) is 6.88. The van der Waals surface area contributed by atoms with Crippen LogP contribution in [-0.4, -0.2) is 30.5 Å². The van der Waals surface area contributed by atoms with Gasteiger partial charge in [0.15, 0.2) is 0 Å². The third-order valence-electron chi connectivity index (χ3n) is 2.30. The fraction of sp³-hybridized carbons (Fsp3) is 0.875. The molecule has 63 valence electrons. The monoisotopic (exact) mass is 156 g/mol. The predicted molar refractivity (Wildman–Crippen MR) is 40.5 cm³/mol. The van der Waals surface area contributed by atoms with Crippen molar-refractivity contribution < 1.29 is 9.90 Å². The average molecular weight is 156 g/mol. The van der Waals surface area contributed by atoms with Gasteiger partial charge in [-0.1, -0.05) is 0 Å². The molecule has 3 nitrogen and oxygen atoms in total. The summed E-state index contributed by atoms with van der Waals surface area (Å²) < 4.78 is 0. The van der Waals surface area contributed by atoms with Crippen molar-refractivity contribution in [2.75, 3.05) is 19.7 Å². The molecule has 1 aliphatic rings. The first-order valence-corrected chi connectivity index (χ1v) is 4.07. The fourth-order valence-electron chi connectivity index (χ4n) is 1.41. The van der Waals surface area contributed by atoms with E-state index in [4.69, 9.17) is 0 Å². The fourth-order valence-corrected chi connectivity index (χ4v) is 1.41. The highest BCUT2D eigenvalue weighted by Gasteiger charge is 2.19. The topological polar surface area (TPSA) is 40.2 Å². The second-order valence-corrected chi connectivity index (χ2v) is 3.12. The molecule has 1 radical (unpaired) electrons. The van der Waals surface area contributed by atoms with E-state index in [1.165, 1.54) is 0 Å². The summed E-state index contributed by atoms with van der Waals surface area (Å²) >= 11 is 0. The number of hydrogen-bond acceptors (Lipinski definition) is 1. The van der Waals surface area contributed by atoms with Crippen molar-refractivity contribution in [3.63, 3.8) is 0 Å². The van der Waals surface area contributed by atoms with Crippen molar-refractivity contribution in [3.8, 4) is 0 Å². The summed E-state index contributed by atoms with van der Waals surface area (Å²) in [4.78, 5) is 12.7. The molecule has 0 atom stereocenters. The molecule has 0 aliphatic carbocycles. The zero-order valence-electron chi connectivity index (χ0n) is 6.88. The van der Waals surface area contributed by atoms with E-state index >= 15 is 0 Å². The van der Waals surface area contributed by atoms with Crippen molar-refractivity contribution in [1.82, 2.24) is 4.90 Å². The van der Waals surface area contributed by atoms with Crippen LogP contribution in [0.5, 0.6) is 0 Å². The third kappa shape index (κ3) is 2.19. The number of rotatable bonds is 1. The van der Waals surface area contributed by atoms with Crippen LogP contribution in [0.3, 0.4) is 0 Å². The van der Waals surface area contributed by atoms with Gasteiger partial charge in [0.05, 0.1) is 6.61 Å². The van der Waals surface area contributed by atoms with Gasteiger partial charge in [0, 0.05) is 20.0 Å². The van der Waals surface area contributed by atoms with E-state index in [0.717, 1.165) is 25.9 Å². The van der Waals surface area contributed by atoms with Crippen LogP contribution >= 0.6 is 0 Å². The van der Waals surface area contributed by atoms with Crippen LogP contribution in [0.15, 0.2) is 0 Å². The number of carbonyl (C=O) groups is 1. The van der Waals surface area contributed by atoms with E-state index in [2.05, 4.69) is 0 Å². The van der Waals surface area contributed by atoms with Gasteiger partial charge in [0.2, 0.25) is 5.91 Å². The number of piperidine rings is 1. The molecule has 1 heterocycles. The summed E-state index contributed by atoms with van der Waals surface area (Å²) in [6, 6.07) is 0. The smallest absolute Gasteiger partial charge is 0.219 e. The molecule has 1 fully saturated rings. The van der Waals surface area contributed by atoms with E-state index < -0.39 is 0 Å². The van der Waals surface area contributed by atoms with Gasteiger partial charge < -0.3 is 4.90 Å². The lowest BCUT2D eigenvalue weighted by atomic mass is 9.98. The molecule has 0 N–H and O–H groups in total. The highest BCUT2D eigenvalue weighted by atomic mass is 16.3. The molecule has 1 saturated heterocycles. The normalized spacial score (nSPS) is 20.4. The number of carbonyl (C=O) groups excluding carboxylic acids is 1. The lowest BCUT2D eigenvalue weighted by Gasteiger charge is -2.29. The molecule has 3 heteroatoms. The van der Waals surface area contributed by atoms with Crippen molar-refractivity contribution in [1.29, 1.82) is 0 Å². The lowest BCUT2D eigenvalue weighted by Crippen LogP contribution is -2.37. The Bertz CT molecular complexity index is 139. The van der Waals surface area contributed by atoms with E-state index in [-0.39, 0.29) is 12.5 Å². The van der Waals surface area contributed by atoms with Crippen molar-refractivity contribution in [2.24, 2.45) is 5.92 Å². The molecule has 11 heavy (non-hydrogen) atoms. The molecule has 1 amide bonds. The number of amides is 1. The van der Waals surface area contributed by atoms with E-state index in [0.29, 0.717) is 5.92 Å². The van der Waals surface area contributed by atoms with Crippen LogP contribution in [0.4, 0.5) is 0 Å². The number of likely N-dealkylation sites (tertiary alicyclic amines) is 1. The highest BCUT2D eigenvalue weighted by molar-refractivity contribution is 5.73. The van der Waals surface area contributed by atoms with Crippen molar-refractivity contribution >= 4 is 5.91 Å². The molecule has 0 unspecified atom stereocenters. The highest BCUT2D eigenvalue weighted by Crippen LogP contribution is 2.15. The Morgan fingerprint density at radius 3 is 2.36 bits per heavy atom. The van der Waals surface area contributed by atoms with Crippen LogP contribution in [0, 0.1) is 5.92 Å². The van der Waals surface area contributed by atoms with Crippen molar-refractivity contribution in [3.05, 3.63) is 0 Å². The Hall–Kier alpha value is -0.570. The summed E-state index contributed by atoms with van der Waals surface area (Å²) in [6.45, 7) is 3.16. The van der Waals surface area contributed by atoms with Gasteiger partial charge in [-0.25, -0.2) is 5.11 Å². The standard InChI is InChI=1S/C8H14NO2/c1-7(11)9-4-2-8(6-10)3-5-9/h8H,2-6H2,1H3. The van der Waals surface area contributed by atoms with E-state index in [1.54, 1.807) is 6.92 Å². The van der Waals surface area contributed by atoms with E-state index in [1.807, 2.05) is 4.90 Å². The first-order valence-electron chi connectivity index (χ1n) is 4.07. The van der Waals surface area contributed by atoms with Gasteiger partial charge in [-0.3, -0.25) is 4.79 Å². The second kappa shape index (κ2) is 3.72. The minimum atomic E-state index is 0.0196. The number of nitrogens with zero attached hydrogens (tertiary/aromatic N) is 1. The van der Waals surface area contributed by atoms with Gasteiger partial charge in [0.1, 0.15) is 0 Å². The Morgan fingerprint density at radius 2 is 2.00 bits per heavy atom. The largest absolute Gasteiger partial charge is 0.343 e. The molecular weight excluding hydrogens is 142 g/mol. The van der Waals surface area contributed by atoms with Crippen molar-refractivity contribution in [2.45, 2.75) is 19.8 Å². The van der Waals surface area contributed by atoms with Crippen LogP contribution in [0.25, 0.3) is 0 Å². The maximum absolute atomic E-state index is 10.8. The molecule has 1 rings (SSSR count). The third-order valence-corrected chi connectivity index (χ3v) is 2.30. The minimum Gasteiger partial charge on any atom is -0.343 e. The molecule has 0 aromatic heterocycles. The minimum absolute atomic E-state index is 0.0196. The summed E-state index contributed by atoms with van der Waals surface area (Å²) in [5, 5.41) is 10.5. The van der Waals surface area contributed by atoms with Gasteiger partial charge in [-0.2, -0.15) is 0 Å². The van der Waals surface area contributed by atoms with Gasteiger partial charge in [-0.15, -0.1) is 0 Å². The SMILES string of the molecule is CC(=O)N1CCC(C[O])CC1. The quantitative estimate of drug-likeness (QED) is 0.550. The Labute approximate surface area is 67.0 Å². The zero-order chi connectivity index (χ0) is 8.27. The Morgan fingerprint density at radius 1 is 1.45 bits per heavy atom. The summed E-state index contributed by atoms with van der Waals surface area (Å²) in [5.41, 5.74) is 0. The molecule has 0 aromatic rings. The van der Waals surface area contributed by atoms with Gasteiger partial charge >= 0.3 is 0 Å². The van der Waals surface area contributed by atoms with Crippen LogP contribution in [0.2, 0.25) is 0 Å². The first-order chi connectivity index (χ1) is 5.24. The van der Waals surface area contributed by atoms with Gasteiger partial charge in [-0.05, 0) is 18.8 Å². The first kappa shape index (κ1) is 8.53. The Kier molecular flexibility index (Phi) is 2.88. The molecule has 0 aromatic carbocycles. The van der Waals surface area contributed by atoms with Crippen LogP contribution in [-0.2, 0) is 9.90 Å². The van der Waals surface area contributed by atoms with Gasteiger partial charge in [0.25, 0.3) is 0 Å². The maximum atomic E-state index is 10.8. The number of hydrogen-bond donors (Lipinski definition) is 0. The second-order valence-electron chi connectivity index (χ2n) is 3.12. The molecule has 0 bridgehead atoms. The average Bonchev–Trinajstić information content (AvgIpc) is 2.05. The molecule has 0 saturated carbocycles. The lowest BCUT2D eigenvalue weighted by molar-refractivity contribution is -0.130. The predicted octanol–water partition coefficient (Wildman–Crippen LogP) is 0.675. The maximum Gasteiger partial charge on any atom is 0.219 e. The molecular formula is C8H14NO2. The van der Waals surface area contributed by atoms with Crippen LogP contribution in [0.1, 0.15) is 19.8 Å². The summed E-state index contributed by atoms with van der Waals surface area (Å²) in [7, 11) is 0. The summed E-state index contributed by atoms with van der Waals surface area (Å²) in [6.07, 6.45) is 1.78. The van der Waals surface area contributed by atoms with E-state index in [9.17, 15) is 9.90 Å². The van der Waals surface area contributed by atoms with Crippen LogP contribution < -0.4 is 0 Å². The molecule has 1 aliphatic heterocycles. The summed E-state index contributed by atoms with van der Waals surface area (Å²) in [5.74, 6) is 0.444.